The second-order valence-corrected chi connectivity index (χ2v) is 13.8. The lowest BCUT2D eigenvalue weighted by Crippen LogP contribution is -2.54. The first-order valence-corrected chi connectivity index (χ1v) is 14.1. The zero-order valence-corrected chi connectivity index (χ0v) is 25.3. The Bertz CT molecular complexity index is 486. The van der Waals surface area contributed by atoms with Crippen molar-refractivity contribution in [3.05, 3.63) is 0 Å². The summed E-state index contributed by atoms with van der Waals surface area (Å²) in [6.45, 7) is 32.1. The number of unbranched alkanes of at least 4 members (excludes halogenated alkanes) is 4. The standard InChI is InChI=1S/C29H64N4O/c1-26(2,3)30-19-15-13-12-14-16-20-32-29(10,11)25-33(28(7,8)9)22-18-24-34-23-17-21-31-27(4,5)6/h30-32H,12-25H2,1-11H3. The van der Waals surface area contributed by atoms with Crippen LogP contribution < -0.4 is 16.0 Å². The SMILES string of the molecule is CC(C)(C)NCCCCCCCNC(C)(C)CN(CCCOCCCNC(C)(C)C)C(C)(C)C. The van der Waals surface area contributed by atoms with Crippen LogP contribution in [0.15, 0.2) is 0 Å². The molecule has 0 radical (unpaired) electrons. The Hall–Kier alpha value is -0.200. The third-order valence-electron chi connectivity index (χ3n) is 5.98. The van der Waals surface area contributed by atoms with Crippen molar-refractivity contribution >= 4 is 0 Å². The molecule has 0 unspecified atom stereocenters. The molecule has 3 N–H and O–H groups in total. The topological polar surface area (TPSA) is 48.6 Å². The largest absolute Gasteiger partial charge is 0.381 e. The fourth-order valence-electron chi connectivity index (χ4n) is 3.95. The van der Waals surface area contributed by atoms with Gasteiger partial charge in [-0.2, -0.15) is 0 Å². The summed E-state index contributed by atoms with van der Waals surface area (Å²) in [6.07, 6.45) is 8.71. The van der Waals surface area contributed by atoms with Gasteiger partial charge in [0.15, 0.2) is 0 Å². The third kappa shape index (κ3) is 22.3. The van der Waals surface area contributed by atoms with Gasteiger partial charge in [0.25, 0.3) is 0 Å². The zero-order chi connectivity index (χ0) is 26.3. The highest BCUT2D eigenvalue weighted by Gasteiger charge is 2.27. The molecule has 0 aromatic carbocycles. The second-order valence-electron chi connectivity index (χ2n) is 13.8. The molecule has 0 aliphatic heterocycles. The summed E-state index contributed by atoms with van der Waals surface area (Å²) in [6, 6.07) is 0. The Morgan fingerprint density at radius 2 is 0.971 bits per heavy atom. The Balaban J connectivity index is 4.04. The van der Waals surface area contributed by atoms with Gasteiger partial charge < -0.3 is 20.7 Å². The predicted octanol–water partition coefficient (Wildman–Crippen LogP) is 5.98. The Morgan fingerprint density at radius 1 is 0.529 bits per heavy atom. The lowest BCUT2D eigenvalue weighted by atomic mass is 9.98. The molecule has 0 saturated carbocycles. The molecule has 0 aromatic rings. The van der Waals surface area contributed by atoms with Gasteiger partial charge in [-0.3, -0.25) is 4.90 Å². The van der Waals surface area contributed by atoms with Crippen LogP contribution in [0.1, 0.15) is 121 Å². The van der Waals surface area contributed by atoms with Gasteiger partial charge in [-0.25, -0.2) is 0 Å². The average molecular weight is 485 g/mol. The fraction of sp³-hybridized carbons (Fsp3) is 1.00. The minimum Gasteiger partial charge on any atom is -0.381 e. The van der Waals surface area contributed by atoms with Gasteiger partial charge in [-0.15, -0.1) is 0 Å². The van der Waals surface area contributed by atoms with Crippen molar-refractivity contribution in [2.24, 2.45) is 0 Å². The van der Waals surface area contributed by atoms with E-state index in [-0.39, 0.29) is 22.2 Å². The van der Waals surface area contributed by atoms with Crippen LogP contribution in [0.2, 0.25) is 0 Å². The average Bonchev–Trinajstić information content (AvgIpc) is 2.65. The molecular weight excluding hydrogens is 420 g/mol. The number of rotatable bonds is 19. The first kappa shape index (κ1) is 33.8. The summed E-state index contributed by atoms with van der Waals surface area (Å²) in [5.74, 6) is 0. The lowest BCUT2D eigenvalue weighted by Gasteiger charge is -2.41. The van der Waals surface area contributed by atoms with Crippen LogP contribution in [0.25, 0.3) is 0 Å². The molecule has 0 aromatic heterocycles. The summed E-state index contributed by atoms with van der Waals surface area (Å²) in [7, 11) is 0. The molecule has 0 bridgehead atoms. The molecule has 0 aliphatic rings. The monoisotopic (exact) mass is 485 g/mol. The summed E-state index contributed by atoms with van der Waals surface area (Å²) in [5, 5.41) is 10.9. The van der Waals surface area contributed by atoms with Gasteiger partial charge in [0, 0.05) is 48.5 Å². The maximum Gasteiger partial charge on any atom is 0.0478 e. The molecule has 0 aliphatic carbocycles. The number of ether oxygens (including phenoxy) is 1. The first-order chi connectivity index (χ1) is 15.5. The van der Waals surface area contributed by atoms with Crippen LogP contribution in [0, 0.1) is 0 Å². The molecular formula is C29H64N4O. The number of hydrogen-bond acceptors (Lipinski definition) is 5. The Labute approximate surface area is 214 Å². The first-order valence-electron chi connectivity index (χ1n) is 14.1. The highest BCUT2D eigenvalue weighted by molar-refractivity contribution is 4.87. The highest BCUT2D eigenvalue weighted by atomic mass is 16.5. The summed E-state index contributed by atoms with van der Waals surface area (Å²) < 4.78 is 5.90. The molecule has 5 nitrogen and oxygen atoms in total. The lowest BCUT2D eigenvalue weighted by molar-refractivity contribution is 0.0735. The molecule has 0 rings (SSSR count). The van der Waals surface area contributed by atoms with Crippen molar-refractivity contribution in [3.8, 4) is 0 Å². The van der Waals surface area contributed by atoms with E-state index in [1.807, 2.05) is 0 Å². The highest BCUT2D eigenvalue weighted by Crippen LogP contribution is 2.18. The molecule has 0 amide bonds. The summed E-state index contributed by atoms with van der Waals surface area (Å²) in [5.41, 5.74) is 0.713. The smallest absolute Gasteiger partial charge is 0.0478 e. The van der Waals surface area contributed by atoms with E-state index in [9.17, 15) is 0 Å². The maximum atomic E-state index is 5.90. The minimum atomic E-state index is 0.114. The molecule has 0 atom stereocenters. The van der Waals surface area contributed by atoms with E-state index in [1.165, 1.54) is 32.1 Å². The van der Waals surface area contributed by atoms with E-state index < -0.39 is 0 Å². The van der Waals surface area contributed by atoms with E-state index >= 15 is 0 Å². The molecule has 5 heteroatoms. The maximum absolute atomic E-state index is 5.90. The quantitative estimate of drug-likeness (QED) is 0.197. The van der Waals surface area contributed by atoms with Gasteiger partial charge >= 0.3 is 0 Å². The molecule has 0 heterocycles. The van der Waals surface area contributed by atoms with E-state index in [4.69, 9.17) is 4.74 Å². The van der Waals surface area contributed by atoms with E-state index in [1.54, 1.807) is 0 Å². The summed E-state index contributed by atoms with van der Waals surface area (Å²) >= 11 is 0. The van der Waals surface area contributed by atoms with Crippen LogP contribution in [0.5, 0.6) is 0 Å². The predicted molar refractivity (Wildman–Crippen MR) is 152 cm³/mol. The van der Waals surface area contributed by atoms with Crippen molar-refractivity contribution in [1.82, 2.24) is 20.9 Å². The second kappa shape index (κ2) is 16.5. The van der Waals surface area contributed by atoms with Crippen LogP contribution in [0.4, 0.5) is 0 Å². The zero-order valence-electron chi connectivity index (χ0n) is 25.3. The van der Waals surface area contributed by atoms with Gasteiger partial charge in [-0.05, 0) is 121 Å². The van der Waals surface area contributed by atoms with Crippen LogP contribution in [-0.2, 0) is 4.74 Å². The molecule has 0 spiro atoms. The van der Waals surface area contributed by atoms with Gasteiger partial charge in [0.05, 0.1) is 0 Å². The van der Waals surface area contributed by atoms with Gasteiger partial charge in [0.1, 0.15) is 0 Å². The van der Waals surface area contributed by atoms with Crippen molar-refractivity contribution < 1.29 is 4.74 Å². The Morgan fingerprint density at radius 3 is 1.47 bits per heavy atom. The molecule has 0 fully saturated rings. The summed E-state index contributed by atoms with van der Waals surface area (Å²) in [4.78, 5) is 2.62. The van der Waals surface area contributed by atoms with Crippen molar-refractivity contribution in [2.45, 2.75) is 143 Å². The minimum absolute atomic E-state index is 0.114. The van der Waals surface area contributed by atoms with Gasteiger partial charge in [0.2, 0.25) is 0 Å². The van der Waals surface area contributed by atoms with Crippen molar-refractivity contribution in [2.75, 3.05) is 45.9 Å². The third-order valence-corrected chi connectivity index (χ3v) is 5.98. The number of nitrogens with zero attached hydrogens (tertiary/aromatic N) is 1. The van der Waals surface area contributed by atoms with Crippen molar-refractivity contribution in [3.63, 3.8) is 0 Å². The van der Waals surface area contributed by atoms with E-state index in [0.717, 1.165) is 58.8 Å². The van der Waals surface area contributed by atoms with Crippen LogP contribution in [0.3, 0.4) is 0 Å². The van der Waals surface area contributed by atoms with Crippen LogP contribution >= 0.6 is 0 Å². The van der Waals surface area contributed by atoms with Gasteiger partial charge in [-0.1, -0.05) is 19.3 Å². The molecule has 34 heavy (non-hydrogen) atoms. The Kier molecular flexibility index (Phi) is 16.4. The molecule has 0 saturated heterocycles. The number of hydrogen-bond donors (Lipinski definition) is 3. The normalized spacial score (nSPS) is 13.8. The fourth-order valence-corrected chi connectivity index (χ4v) is 3.95. The van der Waals surface area contributed by atoms with Crippen molar-refractivity contribution in [1.29, 1.82) is 0 Å². The number of nitrogens with one attached hydrogen (secondary N) is 3. The van der Waals surface area contributed by atoms with E-state index in [2.05, 4.69) is 97.0 Å². The molecule has 206 valence electrons. The van der Waals surface area contributed by atoms with Crippen LogP contribution in [-0.4, -0.2) is 73.0 Å². The van der Waals surface area contributed by atoms with E-state index in [0.29, 0.717) is 0 Å².